The average Bonchev–Trinajstić information content (AvgIpc) is 3.45. The molecule has 0 bridgehead atoms. The monoisotopic (exact) mass is 354 g/mol. The number of carboxylic acids is 1. The van der Waals surface area contributed by atoms with E-state index in [0.717, 1.165) is 16.3 Å². The topological polar surface area (TPSA) is 95.5 Å². The van der Waals surface area contributed by atoms with Gasteiger partial charge in [-0.3, -0.25) is 14.4 Å². The predicted octanol–water partition coefficient (Wildman–Crippen LogP) is 1.73. The van der Waals surface area contributed by atoms with E-state index >= 15 is 0 Å². The molecule has 1 aliphatic carbocycles. The summed E-state index contributed by atoms with van der Waals surface area (Å²) in [5, 5.41) is 16.8. The molecule has 1 fully saturated rings. The summed E-state index contributed by atoms with van der Waals surface area (Å²) < 4.78 is 0. The number of carbonyl (C=O) groups is 3. The lowest BCUT2D eigenvalue weighted by Gasteiger charge is -2.17. The SMILES string of the molecule is CNC(=O)C1(C(=O)NCC(Cc2ccc3ccccc3c2)C(=O)O)CC1. The van der Waals surface area contributed by atoms with Gasteiger partial charge < -0.3 is 15.7 Å². The predicted molar refractivity (Wildman–Crippen MR) is 97.5 cm³/mol. The van der Waals surface area contributed by atoms with Gasteiger partial charge >= 0.3 is 5.97 Å². The molecule has 3 rings (SSSR count). The quantitative estimate of drug-likeness (QED) is 0.660. The van der Waals surface area contributed by atoms with Gasteiger partial charge in [0.1, 0.15) is 5.41 Å². The number of amides is 2. The fourth-order valence-electron chi connectivity index (χ4n) is 3.20. The first-order chi connectivity index (χ1) is 12.5. The molecule has 1 unspecified atom stereocenters. The molecule has 1 aliphatic rings. The van der Waals surface area contributed by atoms with Crippen LogP contribution < -0.4 is 10.6 Å². The zero-order valence-corrected chi connectivity index (χ0v) is 14.6. The van der Waals surface area contributed by atoms with Crippen LogP contribution in [0.15, 0.2) is 42.5 Å². The van der Waals surface area contributed by atoms with E-state index in [0.29, 0.717) is 19.3 Å². The Morgan fingerprint density at radius 3 is 2.38 bits per heavy atom. The number of carboxylic acid groups (broad SMARTS) is 1. The average molecular weight is 354 g/mol. The van der Waals surface area contributed by atoms with Crippen molar-refractivity contribution in [3.63, 3.8) is 0 Å². The van der Waals surface area contributed by atoms with Crippen LogP contribution in [0.1, 0.15) is 18.4 Å². The first-order valence-corrected chi connectivity index (χ1v) is 8.67. The van der Waals surface area contributed by atoms with Gasteiger partial charge in [-0.25, -0.2) is 0 Å². The van der Waals surface area contributed by atoms with Gasteiger partial charge in [0.15, 0.2) is 0 Å². The number of fused-ring (bicyclic) bond motifs is 1. The Morgan fingerprint density at radius 1 is 1.08 bits per heavy atom. The van der Waals surface area contributed by atoms with Gasteiger partial charge in [0.05, 0.1) is 5.92 Å². The smallest absolute Gasteiger partial charge is 0.308 e. The van der Waals surface area contributed by atoms with Crippen LogP contribution in [0.4, 0.5) is 0 Å². The number of hydrogen-bond acceptors (Lipinski definition) is 3. The van der Waals surface area contributed by atoms with Gasteiger partial charge in [-0.05, 0) is 35.6 Å². The Kier molecular flexibility index (Phi) is 4.93. The van der Waals surface area contributed by atoms with E-state index < -0.39 is 17.3 Å². The van der Waals surface area contributed by atoms with E-state index in [4.69, 9.17) is 0 Å². The lowest BCUT2D eigenvalue weighted by Crippen LogP contribution is -2.44. The first-order valence-electron chi connectivity index (χ1n) is 8.67. The standard InChI is InChI=1S/C20H22N2O4/c1-21-18(25)20(8-9-20)19(26)22-12-16(17(23)24)11-13-6-7-14-4-2-3-5-15(14)10-13/h2-7,10,16H,8-9,11-12H2,1H3,(H,21,25)(H,22,26)(H,23,24). The van der Waals surface area contributed by atoms with Crippen LogP contribution in [0, 0.1) is 11.3 Å². The Hall–Kier alpha value is -2.89. The zero-order chi connectivity index (χ0) is 18.7. The molecule has 2 aromatic carbocycles. The molecular formula is C20H22N2O4. The van der Waals surface area contributed by atoms with Crippen LogP contribution in [0.3, 0.4) is 0 Å². The summed E-state index contributed by atoms with van der Waals surface area (Å²) in [6, 6.07) is 13.7. The van der Waals surface area contributed by atoms with Crippen LogP contribution in [0.5, 0.6) is 0 Å². The fourth-order valence-corrected chi connectivity index (χ4v) is 3.20. The van der Waals surface area contributed by atoms with E-state index in [9.17, 15) is 19.5 Å². The number of benzene rings is 2. The second kappa shape index (κ2) is 7.15. The summed E-state index contributed by atoms with van der Waals surface area (Å²) in [7, 11) is 1.50. The van der Waals surface area contributed by atoms with Crippen LogP contribution in [0.2, 0.25) is 0 Å². The van der Waals surface area contributed by atoms with Crippen molar-refractivity contribution in [2.75, 3.05) is 13.6 Å². The number of rotatable bonds is 7. The molecule has 2 amide bonds. The minimum Gasteiger partial charge on any atom is -0.481 e. The van der Waals surface area contributed by atoms with Crippen LogP contribution >= 0.6 is 0 Å². The third-order valence-corrected chi connectivity index (χ3v) is 5.00. The van der Waals surface area contributed by atoms with Crippen molar-refractivity contribution in [3.8, 4) is 0 Å². The van der Waals surface area contributed by atoms with Crippen molar-refractivity contribution in [2.24, 2.45) is 11.3 Å². The molecule has 26 heavy (non-hydrogen) atoms. The van der Waals surface area contributed by atoms with Crippen LogP contribution in [-0.4, -0.2) is 36.5 Å². The normalized spacial score (nSPS) is 15.9. The molecule has 6 nitrogen and oxygen atoms in total. The van der Waals surface area contributed by atoms with Crippen molar-refractivity contribution in [2.45, 2.75) is 19.3 Å². The van der Waals surface area contributed by atoms with Gasteiger partial charge in [-0.15, -0.1) is 0 Å². The third-order valence-electron chi connectivity index (χ3n) is 5.00. The summed E-state index contributed by atoms with van der Waals surface area (Å²) in [4.78, 5) is 35.8. The van der Waals surface area contributed by atoms with Crippen LogP contribution in [-0.2, 0) is 20.8 Å². The van der Waals surface area contributed by atoms with Gasteiger partial charge in [0.25, 0.3) is 0 Å². The minimum atomic E-state index is -1.01. The van der Waals surface area contributed by atoms with Gasteiger partial charge in [-0.1, -0.05) is 42.5 Å². The fraction of sp³-hybridized carbons (Fsp3) is 0.350. The number of hydrogen-bond donors (Lipinski definition) is 3. The van der Waals surface area contributed by atoms with Gasteiger partial charge in [-0.2, -0.15) is 0 Å². The van der Waals surface area contributed by atoms with Gasteiger partial charge in [0.2, 0.25) is 11.8 Å². The highest BCUT2D eigenvalue weighted by atomic mass is 16.4. The van der Waals surface area contributed by atoms with E-state index in [1.54, 1.807) is 0 Å². The molecule has 1 saturated carbocycles. The summed E-state index contributed by atoms with van der Waals surface area (Å²) in [6.45, 7) is -0.000260. The molecular weight excluding hydrogens is 332 g/mol. The highest BCUT2D eigenvalue weighted by Gasteiger charge is 2.56. The molecule has 6 heteroatoms. The van der Waals surface area contributed by atoms with Crippen molar-refractivity contribution < 1.29 is 19.5 Å². The second-order valence-electron chi connectivity index (χ2n) is 6.79. The maximum atomic E-state index is 12.3. The highest BCUT2D eigenvalue weighted by molar-refractivity contribution is 6.07. The van der Waals surface area contributed by atoms with Crippen molar-refractivity contribution in [3.05, 3.63) is 48.0 Å². The Labute approximate surface area is 151 Å². The second-order valence-corrected chi connectivity index (χ2v) is 6.79. The van der Waals surface area contributed by atoms with E-state index in [2.05, 4.69) is 10.6 Å². The Morgan fingerprint density at radius 2 is 1.77 bits per heavy atom. The maximum absolute atomic E-state index is 12.3. The van der Waals surface area contributed by atoms with Crippen LogP contribution in [0.25, 0.3) is 10.8 Å². The lowest BCUT2D eigenvalue weighted by molar-refractivity contribution is -0.141. The third kappa shape index (κ3) is 3.54. The Balaban J connectivity index is 1.66. The zero-order valence-electron chi connectivity index (χ0n) is 14.6. The maximum Gasteiger partial charge on any atom is 0.308 e. The minimum absolute atomic E-state index is 0.000260. The molecule has 0 saturated heterocycles. The summed E-state index contributed by atoms with van der Waals surface area (Å²) in [5.74, 6) is -2.41. The largest absolute Gasteiger partial charge is 0.481 e. The molecule has 0 aromatic heterocycles. The molecule has 0 heterocycles. The van der Waals surface area contributed by atoms with E-state index in [-0.39, 0.29) is 18.4 Å². The summed E-state index contributed by atoms with van der Waals surface area (Å²) >= 11 is 0. The number of nitrogens with one attached hydrogen (secondary N) is 2. The number of aliphatic carboxylic acids is 1. The van der Waals surface area contributed by atoms with Crippen molar-refractivity contribution in [1.29, 1.82) is 0 Å². The van der Waals surface area contributed by atoms with Gasteiger partial charge in [0, 0.05) is 13.6 Å². The number of carbonyl (C=O) groups excluding carboxylic acids is 2. The first kappa shape index (κ1) is 17.9. The molecule has 0 aliphatic heterocycles. The molecule has 2 aromatic rings. The molecule has 136 valence electrons. The highest BCUT2D eigenvalue weighted by Crippen LogP contribution is 2.46. The van der Waals surface area contributed by atoms with Crippen molar-refractivity contribution in [1.82, 2.24) is 10.6 Å². The lowest BCUT2D eigenvalue weighted by atomic mass is 9.96. The molecule has 0 spiro atoms. The molecule has 0 radical (unpaired) electrons. The molecule has 3 N–H and O–H groups in total. The summed E-state index contributed by atoms with van der Waals surface area (Å²) in [5.41, 5.74) is -0.112. The Bertz CT molecular complexity index is 858. The van der Waals surface area contributed by atoms with E-state index in [1.165, 1.54) is 7.05 Å². The van der Waals surface area contributed by atoms with Crippen molar-refractivity contribution >= 4 is 28.6 Å². The summed E-state index contributed by atoms with van der Waals surface area (Å²) in [6.07, 6.45) is 1.31. The molecule has 1 atom stereocenters. The van der Waals surface area contributed by atoms with E-state index in [1.807, 2.05) is 42.5 Å².